The largest absolute Gasteiger partial charge is 0.353 e. The van der Waals surface area contributed by atoms with Crippen LogP contribution in [0.25, 0.3) is 0 Å². The number of nitriles is 5. The van der Waals surface area contributed by atoms with Gasteiger partial charge in [-0.1, -0.05) is 15.9 Å². The van der Waals surface area contributed by atoms with Crippen molar-refractivity contribution in [3.63, 3.8) is 0 Å². The third-order valence-electron chi connectivity index (χ3n) is 1.24. The lowest BCUT2D eigenvalue weighted by atomic mass is 10.4. The second-order valence-electron chi connectivity index (χ2n) is 3.12. The van der Waals surface area contributed by atoms with Crippen LogP contribution < -0.4 is 0 Å². The molecule has 0 aromatic carbocycles. The van der Waals surface area contributed by atoms with Crippen LogP contribution in [0.15, 0.2) is 0 Å². The molecule has 0 bridgehead atoms. The van der Waals surface area contributed by atoms with Crippen LogP contribution in [-0.4, -0.2) is 24.8 Å². The number of hydrogen-bond acceptors (Lipinski definition) is 7. The van der Waals surface area contributed by atoms with E-state index in [1.807, 2.05) is 0 Å². The van der Waals surface area contributed by atoms with Crippen molar-refractivity contribution in [2.75, 3.05) is 18.5 Å². The van der Waals surface area contributed by atoms with Crippen LogP contribution in [0.5, 0.6) is 0 Å². The molecule has 0 radical (unpaired) electrons. The first kappa shape index (κ1) is 33.5. The van der Waals surface area contributed by atoms with Crippen LogP contribution >= 0.6 is 15.9 Å². The molecule has 1 saturated heterocycles. The molecule has 7 nitrogen and oxygen atoms in total. The number of halogens is 1. The van der Waals surface area contributed by atoms with Crippen molar-refractivity contribution < 1.29 is 9.47 Å². The highest BCUT2D eigenvalue weighted by molar-refractivity contribution is 9.09. The minimum atomic E-state index is 0.0538. The summed E-state index contributed by atoms with van der Waals surface area (Å²) in [4.78, 5) is 0. The predicted octanol–water partition coefficient (Wildman–Crippen LogP) is 4.18. The topological polar surface area (TPSA) is 137 Å². The number of hydrogen-bond donors (Lipinski definition) is 0. The molecule has 0 atom stereocenters. The van der Waals surface area contributed by atoms with Crippen molar-refractivity contribution in [1.82, 2.24) is 0 Å². The Balaban J connectivity index is -0.0000000682. The van der Waals surface area contributed by atoms with Crippen molar-refractivity contribution in [3.8, 4) is 30.3 Å². The molecule has 1 heterocycles. The van der Waals surface area contributed by atoms with Gasteiger partial charge in [0, 0.05) is 46.4 Å². The van der Waals surface area contributed by atoms with Crippen molar-refractivity contribution in [2.24, 2.45) is 0 Å². The van der Waals surface area contributed by atoms with E-state index < -0.39 is 0 Å². The van der Waals surface area contributed by atoms with Crippen molar-refractivity contribution in [2.45, 2.75) is 53.8 Å². The highest BCUT2D eigenvalue weighted by Crippen LogP contribution is 2.08. The van der Waals surface area contributed by atoms with Gasteiger partial charge in [-0.25, -0.2) is 0 Å². The molecule has 134 valence electrons. The maximum Gasteiger partial charge on any atom is 0.158 e. The summed E-state index contributed by atoms with van der Waals surface area (Å²) in [6, 6.07) is 8.75. The molecule has 1 rings (SSSR count). The van der Waals surface area contributed by atoms with Crippen molar-refractivity contribution >= 4 is 15.9 Å². The number of alkyl halides is 1. The molecule has 0 aromatic rings. The van der Waals surface area contributed by atoms with Crippen molar-refractivity contribution in [3.05, 3.63) is 0 Å². The SMILES string of the molecule is BrCCC1OCCCO1.CC#N.CC#N.CC#N.CC#N.CC#N. The average molecular weight is 400 g/mol. The first-order valence-corrected chi connectivity index (χ1v) is 7.96. The standard InChI is InChI=1S/C6H11BrO2.5C2H3N/c7-3-2-6-8-4-1-5-9-6;5*1-2-3/h6H,1-5H2;5*1H3. The maximum absolute atomic E-state index is 7.32. The highest BCUT2D eigenvalue weighted by Gasteiger charge is 2.11. The summed E-state index contributed by atoms with van der Waals surface area (Å²) < 4.78 is 10.5. The van der Waals surface area contributed by atoms with Gasteiger partial charge in [0.05, 0.1) is 43.6 Å². The summed E-state index contributed by atoms with van der Waals surface area (Å²) in [6.07, 6.45) is 2.05. The fourth-order valence-electron chi connectivity index (χ4n) is 0.792. The molecule has 1 aliphatic rings. The zero-order chi connectivity index (χ0) is 20.1. The molecular weight excluding hydrogens is 374 g/mol. The second kappa shape index (κ2) is 49.8. The van der Waals surface area contributed by atoms with Crippen LogP contribution in [0.1, 0.15) is 47.5 Å². The molecule has 0 saturated carbocycles. The Bertz CT molecular complexity index is 332. The van der Waals surface area contributed by atoms with E-state index in [1.54, 1.807) is 30.3 Å². The van der Waals surface area contributed by atoms with Gasteiger partial charge >= 0.3 is 0 Å². The Labute approximate surface area is 154 Å². The van der Waals surface area contributed by atoms with Crippen LogP contribution in [0, 0.1) is 56.7 Å². The van der Waals surface area contributed by atoms with E-state index in [0.717, 1.165) is 31.4 Å². The summed E-state index contributed by atoms with van der Waals surface area (Å²) in [5, 5.41) is 37.6. The van der Waals surface area contributed by atoms with E-state index in [1.165, 1.54) is 34.6 Å². The van der Waals surface area contributed by atoms with Gasteiger partial charge in [-0.2, -0.15) is 26.3 Å². The van der Waals surface area contributed by atoms with Gasteiger partial charge in [-0.3, -0.25) is 0 Å². The van der Waals surface area contributed by atoms with Gasteiger partial charge in [0.1, 0.15) is 0 Å². The molecule has 0 aromatic heterocycles. The molecule has 0 aliphatic carbocycles. The first-order chi connectivity index (χ1) is 11.5. The quantitative estimate of drug-likeness (QED) is 0.634. The predicted molar refractivity (Wildman–Crippen MR) is 95.2 cm³/mol. The van der Waals surface area contributed by atoms with Crippen LogP contribution in [0.4, 0.5) is 0 Å². The Kier molecular flexibility index (Phi) is 69.4. The Morgan fingerprint density at radius 3 is 1.21 bits per heavy atom. The molecule has 0 N–H and O–H groups in total. The molecule has 0 unspecified atom stereocenters. The van der Waals surface area contributed by atoms with E-state index in [4.69, 9.17) is 35.8 Å². The molecule has 24 heavy (non-hydrogen) atoms. The maximum atomic E-state index is 7.32. The van der Waals surface area contributed by atoms with E-state index in [0.29, 0.717) is 0 Å². The van der Waals surface area contributed by atoms with Gasteiger partial charge in [0.25, 0.3) is 0 Å². The summed E-state index contributed by atoms with van der Waals surface area (Å²) >= 11 is 3.32. The zero-order valence-electron chi connectivity index (χ0n) is 15.0. The average Bonchev–Trinajstić information content (AvgIpc) is 2.53. The summed E-state index contributed by atoms with van der Waals surface area (Å²) in [7, 11) is 0. The molecule has 1 fully saturated rings. The molecule has 8 heteroatoms. The van der Waals surface area contributed by atoms with Crippen LogP contribution in [0.3, 0.4) is 0 Å². The van der Waals surface area contributed by atoms with Gasteiger partial charge in [-0.15, -0.1) is 0 Å². The Morgan fingerprint density at radius 1 is 0.750 bits per heavy atom. The third-order valence-corrected chi connectivity index (χ3v) is 1.70. The number of nitrogens with zero attached hydrogens (tertiary/aromatic N) is 5. The number of ether oxygens (including phenoxy) is 2. The van der Waals surface area contributed by atoms with Gasteiger partial charge in [-0.05, 0) is 6.42 Å². The monoisotopic (exact) mass is 399 g/mol. The fourth-order valence-corrected chi connectivity index (χ4v) is 1.17. The van der Waals surface area contributed by atoms with Gasteiger partial charge in [0.2, 0.25) is 0 Å². The van der Waals surface area contributed by atoms with E-state index in [2.05, 4.69) is 15.9 Å². The van der Waals surface area contributed by atoms with Gasteiger partial charge in [0.15, 0.2) is 6.29 Å². The summed E-state index contributed by atoms with van der Waals surface area (Å²) in [5.74, 6) is 0. The second-order valence-corrected chi connectivity index (χ2v) is 3.91. The van der Waals surface area contributed by atoms with E-state index in [-0.39, 0.29) is 6.29 Å². The summed E-state index contributed by atoms with van der Waals surface area (Å²) in [5.41, 5.74) is 0. The normalized spacial score (nSPS) is 10.0. The smallest absolute Gasteiger partial charge is 0.158 e. The van der Waals surface area contributed by atoms with Crippen LogP contribution in [0.2, 0.25) is 0 Å². The lowest BCUT2D eigenvalue weighted by molar-refractivity contribution is -0.178. The highest BCUT2D eigenvalue weighted by atomic mass is 79.9. The number of rotatable bonds is 2. The van der Waals surface area contributed by atoms with Gasteiger partial charge < -0.3 is 9.47 Å². The van der Waals surface area contributed by atoms with Crippen LogP contribution in [-0.2, 0) is 9.47 Å². The fraction of sp³-hybridized carbons (Fsp3) is 0.688. The lowest BCUT2D eigenvalue weighted by Gasteiger charge is -2.22. The first-order valence-electron chi connectivity index (χ1n) is 6.84. The molecule has 1 aliphatic heterocycles. The molecular formula is C16H26BrN5O2. The van der Waals surface area contributed by atoms with E-state index >= 15 is 0 Å². The molecule has 0 amide bonds. The minimum Gasteiger partial charge on any atom is -0.353 e. The summed E-state index contributed by atoms with van der Waals surface area (Å²) in [6.45, 7) is 8.87. The third kappa shape index (κ3) is 90.1. The molecule has 0 spiro atoms. The zero-order valence-corrected chi connectivity index (χ0v) is 16.6. The lowest BCUT2D eigenvalue weighted by Crippen LogP contribution is -2.24. The van der Waals surface area contributed by atoms with E-state index in [9.17, 15) is 0 Å². The minimum absolute atomic E-state index is 0.0538. The van der Waals surface area contributed by atoms with Crippen molar-refractivity contribution in [1.29, 1.82) is 26.3 Å². The Hall–Kier alpha value is -2.15. The Morgan fingerprint density at radius 2 is 1.00 bits per heavy atom.